The zero-order valence-electron chi connectivity index (χ0n) is 17.2. The van der Waals surface area contributed by atoms with Crippen LogP contribution < -0.4 is 4.74 Å². The monoisotopic (exact) mass is 420 g/mol. The average Bonchev–Trinajstić information content (AvgIpc) is 3.50. The highest BCUT2D eigenvalue weighted by molar-refractivity contribution is 7.76. The fourth-order valence-electron chi connectivity index (χ4n) is 4.28. The summed E-state index contributed by atoms with van der Waals surface area (Å²) in [4.78, 5) is 1.28. The Kier molecular flexibility index (Phi) is 5.23. The van der Waals surface area contributed by atoms with Gasteiger partial charge in [-0.3, -0.25) is 9.78 Å². The van der Waals surface area contributed by atoms with E-state index >= 15 is 0 Å². The number of aromatic amines is 1. The number of thiol groups is 1. The van der Waals surface area contributed by atoms with Gasteiger partial charge in [0.2, 0.25) is 0 Å². The second-order valence-electron chi connectivity index (χ2n) is 7.96. The number of H-pyrrole nitrogens is 1. The molecule has 4 aromatic rings. The molecule has 0 radical (unpaired) electrons. The van der Waals surface area contributed by atoms with Crippen molar-refractivity contribution in [2.45, 2.75) is 30.8 Å². The maximum Gasteiger partial charge on any atom is 0.177 e. The van der Waals surface area contributed by atoms with Crippen molar-refractivity contribution in [1.29, 1.82) is 0 Å². The molecule has 1 fully saturated rings. The highest BCUT2D eigenvalue weighted by atomic mass is 32.2. The van der Waals surface area contributed by atoms with Gasteiger partial charge in [-0.2, -0.15) is 10.2 Å². The third-order valence-corrected chi connectivity index (χ3v) is 7.15. The van der Waals surface area contributed by atoms with E-state index in [0.717, 1.165) is 30.0 Å². The van der Waals surface area contributed by atoms with Crippen LogP contribution in [0.2, 0.25) is 0 Å². The summed E-state index contributed by atoms with van der Waals surface area (Å²) in [5.41, 5.74) is 3.45. The molecule has 1 N–H and O–H groups in total. The van der Waals surface area contributed by atoms with E-state index in [1.807, 2.05) is 24.7 Å². The number of hydrogen-bond donors (Lipinski definition) is 1. The molecular weight excluding hydrogens is 394 g/mol. The van der Waals surface area contributed by atoms with E-state index in [-0.39, 0.29) is 0 Å². The van der Waals surface area contributed by atoms with E-state index in [1.54, 1.807) is 7.11 Å². The van der Waals surface area contributed by atoms with Crippen molar-refractivity contribution in [3.8, 4) is 16.9 Å². The first-order valence-corrected chi connectivity index (χ1v) is 11.1. The zero-order chi connectivity index (χ0) is 20.5. The minimum Gasteiger partial charge on any atom is -0.497 e. The van der Waals surface area contributed by atoms with E-state index in [0.29, 0.717) is 12.0 Å². The van der Waals surface area contributed by atoms with Gasteiger partial charge in [-0.1, -0.05) is 12.1 Å². The number of hydrogen-bond acceptors (Lipinski definition) is 4. The molecule has 3 heterocycles. The van der Waals surface area contributed by atoms with Crippen LogP contribution in [-0.2, 0) is 18.5 Å². The van der Waals surface area contributed by atoms with Gasteiger partial charge in [0.25, 0.3) is 0 Å². The van der Waals surface area contributed by atoms with Gasteiger partial charge in [-0.25, -0.2) is 0 Å². The van der Waals surface area contributed by atoms with Crippen LogP contribution in [0, 0.1) is 5.92 Å². The Bertz CT molecular complexity index is 1140. The van der Waals surface area contributed by atoms with E-state index in [9.17, 15) is 0 Å². The van der Waals surface area contributed by atoms with Crippen LogP contribution in [0.5, 0.6) is 5.75 Å². The molecule has 154 valence electrons. The van der Waals surface area contributed by atoms with E-state index in [2.05, 4.69) is 62.5 Å². The van der Waals surface area contributed by atoms with Crippen molar-refractivity contribution in [2.24, 2.45) is 5.92 Å². The Morgan fingerprint density at radius 2 is 2.10 bits per heavy atom. The van der Waals surface area contributed by atoms with Gasteiger partial charge in [0, 0.05) is 36.3 Å². The predicted octanol–water partition coefficient (Wildman–Crippen LogP) is 3.93. The Morgan fingerprint density at radius 3 is 2.93 bits per heavy atom. The topological polar surface area (TPSA) is 59.0 Å². The van der Waals surface area contributed by atoms with Gasteiger partial charge in [-0.05, 0) is 49.1 Å². The molecule has 2 aromatic heterocycles. The zero-order valence-corrected chi connectivity index (χ0v) is 18.1. The van der Waals surface area contributed by atoms with Crippen LogP contribution in [-0.4, -0.2) is 44.0 Å². The summed E-state index contributed by atoms with van der Waals surface area (Å²) in [5.74, 6) is 1.51. The number of aromatic nitrogens is 4. The molecule has 1 aliphatic heterocycles. The van der Waals surface area contributed by atoms with Gasteiger partial charge in [0.15, 0.2) is 4.90 Å². The van der Waals surface area contributed by atoms with Crippen LogP contribution in [0.3, 0.4) is 0 Å². The summed E-state index contributed by atoms with van der Waals surface area (Å²) in [7, 11) is 1.72. The summed E-state index contributed by atoms with van der Waals surface area (Å²) in [6, 6.07) is 15.4. The highest BCUT2D eigenvalue weighted by Crippen LogP contribution is 2.29. The molecule has 0 spiro atoms. The fraction of sp³-hybridized carbons (Fsp3) is 0.304. The molecule has 0 amide bonds. The minimum absolute atomic E-state index is 0.553. The third kappa shape index (κ3) is 3.82. The lowest BCUT2D eigenvalue weighted by Gasteiger charge is -2.11. The normalized spacial score (nSPS) is 19.5. The van der Waals surface area contributed by atoms with Gasteiger partial charge in [0.05, 0.1) is 43.0 Å². The number of nitrogens with one attached hydrogen (secondary N) is 1. The molecule has 30 heavy (non-hydrogen) atoms. The molecule has 0 bridgehead atoms. The van der Waals surface area contributed by atoms with Gasteiger partial charge >= 0.3 is 0 Å². The quantitative estimate of drug-likeness (QED) is 0.379. The fourth-order valence-corrected chi connectivity index (χ4v) is 5.52. The van der Waals surface area contributed by atoms with Crippen molar-refractivity contribution >= 4 is 22.9 Å². The first kappa shape index (κ1) is 19.2. The Balaban J connectivity index is 1.28. The largest absolute Gasteiger partial charge is 0.497 e. The van der Waals surface area contributed by atoms with Crippen LogP contribution in [0.4, 0.5) is 0 Å². The Hall–Kier alpha value is -2.77. The smallest absolute Gasteiger partial charge is 0.177 e. The molecule has 1 saturated heterocycles. The van der Waals surface area contributed by atoms with Crippen LogP contribution >= 0.6 is 0 Å². The lowest BCUT2D eigenvalue weighted by atomic mass is 10.1. The number of benzene rings is 2. The van der Waals surface area contributed by atoms with Gasteiger partial charge in [0.1, 0.15) is 5.75 Å². The SMILES string of the molecule is COc1cccc([SH+]N2CC(Cn3ncc4cc(-c5cn[nH]c5)ccc43)C[C@@H]2C)c1. The summed E-state index contributed by atoms with van der Waals surface area (Å²) in [6.45, 7) is 4.35. The van der Waals surface area contributed by atoms with Crippen molar-refractivity contribution < 1.29 is 4.74 Å². The summed E-state index contributed by atoms with van der Waals surface area (Å²) < 4.78 is 10.1. The Morgan fingerprint density at radius 1 is 1.17 bits per heavy atom. The molecular formula is C23H26N5OS+. The van der Waals surface area contributed by atoms with Crippen LogP contribution in [0.1, 0.15) is 13.3 Å². The van der Waals surface area contributed by atoms with E-state index in [1.165, 1.54) is 34.2 Å². The first-order chi connectivity index (χ1) is 14.7. The third-order valence-electron chi connectivity index (χ3n) is 5.83. The van der Waals surface area contributed by atoms with E-state index < -0.39 is 0 Å². The van der Waals surface area contributed by atoms with Gasteiger partial charge < -0.3 is 4.74 Å². The Labute approximate surface area is 180 Å². The molecule has 5 rings (SSSR count). The van der Waals surface area contributed by atoms with Gasteiger partial charge in [-0.15, -0.1) is 4.31 Å². The molecule has 2 aromatic carbocycles. The molecule has 2 atom stereocenters. The average molecular weight is 421 g/mol. The first-order valence-electron chi connectivity index (χ1n) is 10.3. The van der Waals surface area contributed by atoms with Crippen LogP contribution in [0.25, 0.3) is 22.0 Å². The minimum atomic E-state index is 0.553. The predicted molar refractivity (Wildman–Crippen MR) is 122 cm³/mol. The van der Waals surface area contributed by atoms with Crippen molar-refractivity contribution in [3.05, 3.63) is 61.1 Å². The maximum atomic E-state index is 5.37. The highest BCUT2D eigenvalue weighted by Gasteiger charge is 2.35. The number of ether oxygens (including phenoxy) is 1. The van der Waals surface area contributed by atoms with Crippen molar-refractivity contribution in [3.63, 3.8) is 0 Å². The molecule has 1 aliphatic rings. The van der Waals surface area contributed by atoms with Crippen molar-refractivity contribution in [1.82, 2.24) is 24.3 Å². The van der Waals surface area contributed by atoms with Crippen LogP contribution in [0.15, 0.2) is 66.0 Å². The molecule has 0 saturated carbocycles. The number of rotatable bonds is 6. The number of fused-ring (bicyclic) bond motifs is 1. The van der Waals surface area contributed by atoms with Crippen molar-refractivity contribution in [2.75, 3.05) is 13.7 Å². The number of methoxy groups -OCH3 is 1. The lowest BCUT2D eigenvalue weighted by molar-refractivity contribution is 0.413. The summed E-state index contributed by atoms with van der Waals surface area (Å²) in [6.07, 6.45) is 6.93. The molecule has 1 unspecified atom stereocenters. The summed E-state index contributed by atoms with van der Waals surface area (Å²) in [5, 5.41) is 12.8. The molecule has 6 nitrogen and oxygen atoms in total. The standard InChI is InChI=1S/C23H25N5OS/c1-16-8-17(15-28(16)30-22-5-3-4-21(10-22)29-2)14-27-23-7-6-18(9-19(23)13-26-27)20-11-24-25-12-20/h3-7,9-13,16-17H,8,14-15H2,1-2H3,(H,24,25)/p+1/t16-,17?/m0/s1. The van der Waals surface area contributed by atoms with E-state index in [4.69, 9.17) is 9.84 Å². The second-order valence-corrected chi connectivity index (χ2v) is 9.19. The summed E-state index contributed by atoms with van der Waals surface area (Å²) >= 11 is 1.25. The lowest BCUT2D eigenvalue weighted by Crippen LogP contribution is -2.26. The molecule has 7 heteroatoms. The molecule has 0 aliphatic carbocycles. The second kappa shape index (κ2) is 8.16. The number of nitrogens with zero attached hydrogens (tertiary/aromatic N) is 4. The maximum absolute atomic E-state index is 5.37.